The third-order valence-corrected chi connectivity index (χ3v) is 2.16. The molecule has 1 rings (SSSR count). The molecule has 0 unspecified atom stereocenters. The van der Waals surface area contributed by atoms with E-state index in [0.29, 0.717) is 11.6 Å². The lowest BCUT2D eigenvalue weighted by molar-refractivity contribution is -0.128. The molecule has 1 aromatic heterocycles. The summed E-state index contributed by atoms with van der Waals surface area (Å²) in [6, 6.07) is 0.997. The average Bonchev–Trinajstić information content (AvgIpc) is 2.63. The summed E-state index contributed by atoms with van der Waals surface area (Å²) in [4.78, 5) is 23.1. The number of hydrogen-bond donors (Lipinski definition) is 2. The Bertz CT molecular complexity index is 412. The van der Waals surface area contributed by atoms with E-state index in [-0.39, 0.29) is 17.7 Å². The Hall–Kier alpha value is -1.85. The van der Waals surface area contributed by atoms with Crippen LogP contribution in [0.15, 0.2) is 10.6 Å². The summed E-state index contributed by atoms with van der Waals surface area (Å²) in [7, 11) is 0. The molecule has 0 aliphatic rings. The molecule has 94 valence electrons. The highest BCUT2D eigenvalue weighted by Crippen LogP contribution is 2.07. The molecule has 2 amide bonds. The van der Waals surface area contributed by atoms with Crippen LogP contribution in [0.3, 0.4) is 0 Å². The van der Waals surface area contributed by atoms with E-state index in [2.05, 4.69) is 15.8 Å². The highest BCUT2D eigenvalue weighted by molar-refractivity contribution is 5.96. The number of nitrogens with one attached hydrogen (secondary N) is 2. The molecule has 0 saturated heterocycles. The molecule has 0 fully saturated rings. The minimum absolute atomic E-state index is 0.153. The van der Waals surface area contributed by atoms with Crippen molar-refractivity contribution in [3.63, 3.8) is 0 Å². The van der Waals surface area contributed by atoms with Gasteiger partial charge in [0.15, 0.2) is 5.82 Å². The molecule has 2 N–H and O–H groups in total. The van der Waals surface area contributed by atoms with Gasteiger partial charge in [-0.3, -0.25) is 9.59 Å². The van der Waals surface area contributed by atoms with Gasteiger partial charge < -0.3 is 15.2 Å². The van der Waals surface area contributed by atoms with Crippen LogP contribution in [0.5, 0.6) is 0 Å². The molecule has 0 saturated carbocycles. The van der Waals surface area contributed by atoms with Gasteiger partial charge in [-0.2, -0.15) is 0 Å². The number of amides is 2. The number of aromatic nitrogens is 1. The van der Waals surface area contributed by atoms with E-state index >= 15 is 0 Å². The Balaban J connectivity index is 2.50. The number of carbonyl (C=O) groups is 2. The van der Waals surface area contributed by atoms with Crippen LogP contribution in [0.4, 0.5) is 5.82 Å². The molecule has 0 aromatic carbocycles. The molecule has 0 aliphatic carbocycles. The summed E-state index contributed by atoms with van der Waals surface area (Å²) in [5.41, 5.74) is 0. The standard InChI is InChI=1S/C11H17N3O3/c1-6(2)10(15)12-8(4)11(16)13-9-5-7(3)17-14-9/h5-6,8H,1-4H3,(H,12,15)(H,13,14,16)/t8-/m0/s1. The van der Waals surface area contributed by atoms with Gasteiger partial charge in [-0.1, -0.05) is 19.0 Å². The van der Waals surface area contributed by atoms with Crippen molar-refractivity contribution >= 4 is 17.6 Å². The van der Waals surface area contributed by atoms with E-state index in [4.69, 9.17) is 4.52 Å². The van der Waals surface area contributed by atoms with Gasteiger partial charge in [-0.05, 0) is 13.8 Å². The number of aryl methyl sites for hydroxylation is 1. The highest BCUT2D eigenvalue weighted by Gasteiger charge is 2.18. The van der Waals surface area contributed by atoms with Crippen LogP contribution >= 0.6 is 0 Å². The van der Waals surface area contributed by atoms with Crippen LogP contribution in [-0.4, -0.2) is 23.0 Å². The average molecular weight is 239 g/mol. The lowest BCUT2D eigenvalue weighted by Crippen LogP contribution is -2.43. The summed E-state index contributed by atoms with van der Waals surface area (Å²) >= 11 is 0. The van der Waals surface area contributed by atoms with Crippen molar-refractivity contribution in [2.24, 2.45) is 5.92 Å². The number of rotatable bonds is 4. The number of carbonyl (C=O) groups excluding carboxylic acids is 2. The topological polar surface area (TPSA) is 84.2 Å². The van der Waals surface area contributed by atoms with Crippen molar-refractivity contribution in [3.8, 4) is 0 Å². The van der Waals surface area contributed by atoms with Gasteiger partial charge in [0.25, 0.3) is 0 Å². The summed E-state index contributed by atoms with van der Waals surface area (Å²) in [6.07, 6.45) is 0. The fourth-order valence-corrected chi connectivity index (χ4v) is 1.11. The molecule has 0 aliphatic heterocycles. The lowest BCUT2D eigenvalue weighted by atomic mass is 10.2. The second-order valence-corrected chi connectivity index (χ2v) is 4.20. The first-order chi connectivity index (χ1) is 7.90. The Kier molecular flexibility index (Phi) is 4.25. The first-order valence-electron chi connectivity index (χ1n) is 5.44. The minimum atomic E-state index is -0.609. The van der Waals surface area contributed by atoms with Crippen molar-refractivity contribution in [3.05, 3.63) is 11.8 Å². The smallest absolute Gasteiger partial charge is 0.247 e. The van der Waals surface area contributed by atoms with Crippen molar-refractivity contribution in [2.75, 3.05) is 5.32 Å². The molecule has 0 bridgehead atoms. The van der Waals surface area contributed by atoms with Gasteiger partial charge in [0.1, 0.15) is 11.8 Å². The lowest BCUT2D eigenvalue weighted by Gasteiger charge is -2.14. The van der Waals surface area contributed by atoms with Crippen LogP contribution in [-0.2, 0) is 9.59 Å². The third kappa shape index (κ3) is 3.90. The van der Waals surface area contributed by atoms with Crippen LogP contribution in [0.25, 0.3) is 0 Å². The van der Waals surface area contributed by atoms with E-state index in [1.54, 1.807) is 33.8 Å². The van der Waals surface area contributed by atoms with E-state index in [1.807, 2.05) is 0 Å². The summed E-state index contributed by atoms with van der Waals surface area (Å²) < 4.78 is 4.81. The fraction of sp³-hybridized carbons (Fsp3) is 0.545. The Labute approximate surface area is 99.7 Å². The molecule has 6 heteroatoms. The zero-order valence-electron chi connectivity index (χ0n) is 10.4. The third-order valence-electron chi connectivity index (χ3n) is 2.16. The number of nitrogens with zero attached hydrogens (tertiary/aromatic N) is 1. The zero-order chi connectivity index (χ0) is 13.0. The van der Waals surface area contributed by atoms with E-state index in [9.17, 15) is 9.59 Å². The maximum atomic E-state index is 11.7. The quantitative estimate of drug-likeness (QED) is 0.823. The van der Waals surface area contributed by atoms with Crippen molar-refractivity contribution < 1.29 is 14.1 Å². The summed E-state index contributed by atoms with van der Waals surface area (Å²) in [5, 5.41) is 8.78. The van der Waals surface area contributed by atoms with E-state index in [0.717, 1.165) is 0 Å². The first kappa shape index (κ1) is 13.2. The number of anilines is 1. The molecular formula is C11H17N3O3. The normalized spacial score (nSPS) is 12.3. The first-order valence-corrected chi connectivity index (χ1v) is 5.44. The van der Waals surface area contributed by atoms with Crippen molar-refractivity contribution in [2.45, 2.75) is 33.7 Å². The van der Waals surface area contributed by atoms with Crippen LogP contribution in [0.2, 0.25) is 0 Å². The highest BCUT2D eigenvalue weighted by atomic mass is 16.5. The van der Waals surface area contributed by atoms with Crippen LogP contribution < -0.4 is 10.6 Å². The fourth-order valence-electron chi connectivity index (χ4n) is 1.11. The Morgan fingerprint density at radius 1 is 1.29 bits per heavy atom. The van der Waals surface area contributed by atoms with Gasteiger partial charge in [0, 0.05) is 12.0 Å². The van der Waals surface area contributed by atoms with Gasteiger partial charge in [-0.15, -0.1) is 0 Å². The predicted molar refractivity (Wildman–Crippen MR) is 62.3 cm³/mol. The second-order valence-electron chi connectivity index (χ2n) is 4.20. The van der Waals surface area contributed by atoms with Crippen molar-refractivity contribution in [1.29, 1.82) is 0 Å². The zero-order valence-corrected chi connectivity index (χ0v) is 10.4. The van der Waals surface area contributed by atoms with Gasteiger partial charge in [0.2, 0.25) is 11.8 Å². The molecule has 1 heterocycles. The molecule has 1 aromatic rings. The van der Waals surface area contributed by atoms with E-state index in [1.165, 1.54) is 0 Å². The molecule has 1 atom stereocenters. The molecule has 0 spiro atoms. The van der Waals surface area contributed by atoms with Crippen LogP contribution in [0, 0.1) is 12.8 Å². The second kappa shape index (κ2) is 5.47. The monoisotopic (exact) mass is 239 g/mol. The van der Waals surface area contributed by atoms with Gasteiger partial charge in [-0.25, -0.2) is 0 Å². The van der Waals surface area contributed by atoms with Gasteiger partial charge in [0.05, 0.1) is 0 Å². The molecule has 0 radical (unpaired) electrons. The molecular weight excluding hydrogens is 222 g/mol. The maximum absolute atomic E-state index is 11.7. The minimum Gasteiger partial charge on any atom is -0.360 e. The predicted octanol–water partition coefficient (Wildman–Crippen LogP) is 1.08. The van der Waals surface area contributed by atoms with Gasteiger partial charge >= 0.3 is 0 Å². The SMILES string of the molecule is Cc1cc(NC(=O)[C@H](C)NC(=O)C(C)C)no1. The van der Waals surface area contributed by atoms with Crippen LogP contribution in [0.1, 0.15) is 26.5 Å². The van der Waals surface area contributed by atoms with E-state index < -0.39 is 6.04 Å². The Morgan fingerprint density at radius 2 is 1.94 bits per heavy atom. The summed E-state index contributed by atoms with van der Waals surface area (Å²) in [5.74, 6) is 0.313. The summed E-state index contributed by atoms with van der Waals surface area (Å²) in [6.45, 7) is 6.87. The maximum Gasteiger partial charge on any atom is 0.247 e. The molecule has 6 nitrogen and oxygen atoms in total. The Morgan fingerprint density at radius 3 is 2.41 bits per heavy atom. The van der Waals surface area contributed by atoms with Crippen molar-refractivity contribution in [1.82, 2.24) is 10.5 Å². The molecule has 17 heavy (non-hydrogen) atoms. The number of hydrogen-bond acceptors (Lipinski definition) is 4. The largest absolute Gasteiger partial charge is 0.360 e.